The van der Waals surface area contributed by atoms with E-state index >= 15 is 0 Å². The molecule has 2 aliphatic rings. The zero-order chi connectivity index (χ0) is 8.18. The fourth-order valence-corrected chi connectivity index (χ4v) is 2.40. The van der Waals surface area contributed by atoms with E-state index in [0.717, 1.165) is 0 Å². The minimum atomic E-state index is 0.595. The van der Waals surface area contributed by atoms with Gasteiger partial charge in [-0.05, 0) is 37.2 Å². The van der Waals surface area contributed by atoms with Gasteiger partial charge in [0.05, 0.1) is 6.04 Å². The molecular weight excluding hydrogens is 148 g/mol. The normalized spacial score (nSPS) is 30.2. The van der Waals surface area contributed by atoms with Crippen molar-refractivity contribution in [1.29, 1.82) is 0 Å². The van der Waals surface area contributed by atoms with Crippen LogP contribution in [0.2, 0.25) is 0 Å². The van der Waals surface area contributed by atoms with Gasteiger partial charge in [0, 0.05) is 11.9 Å². The second-order valence-electron chi connectivity index (χ2n) is 4.48. The third-order valence-electron chi connectivity index (χ3n) is 3.56. The van der Waals surface area contributed by atoms with Crippen molar-refractivity contribution >= 4 is 0 Å². The van der Waals surface area contributed by atoms with Gasteiger partial charge in [0.1, 0.15) is 0 Å². The van der Waals surface area contributed by atoms with E-state index in [1.54, 1.807) is 0 Å². The second kappa shape index (κ2) is 1.93. The lowest BCUT2D eigenvalue weighted by molar-refractivity contribution is 0.320. The Labute approximate surface area is 72.6 Å². The SMILES string of the molecule is CC1([C@@H]2CCc3ccnn32)CC1. The Bertz CT molecular complexity index is 309. The summed E-state index contributed by atoms with van der Waals surface area (Å²) in [6, 6.07) is 2.87. The molecule has 0 radical (unpaired) electrons. The van der Waals surface area contributed by atoms with E-state index in [1.807, 2.05) is 6.20 Å². The predicted molar refractivity (Wildman–Crippen MR) is 46.9 cm³/mol. The standard InChI is InChI=1S/C10H14N2/c1-10(5-6-10)9-3-2-8-4-7-11-12(8)9/h4,7,9H,2-3,5-6H2,1H3/t9-/m0/s1. The van der Waals surface area contributed by atoms with E-state index < -0.39 is 0 Å². The van der Waals surface area contributed by atoms with E-state index in [1.165, 1.54) is 31.4 Å². The molecule has 2 nitrogen and oxygen atoms in total. The Balaban J connectivity index is 2.01. The van der Waals surface area contributed by atoms with Crippen molar-refractivity contribution in [2.45, 2.75) is 38.6 Å². The molecular formula is C10H14N2. The quantitative estimate of drug-likeness (QED) is 0.618. The molecule has 2 heteroatoms. The maximum atomic E-state index is 4.40. The molecule has 2 heterocycles. The molecule has 1 aromatic heterocycles. The highest BCUT2D eigenvalue weighted by atomic mass is 15.3. The van der Waals surface area contributed by atoms with Crippen LogP contribution in [0.1, 0.15) is 37.9 Å². The fraction of sp³-hybridized carbons (Fsp3) is 0.700. The van der Waals surface area contributed by atoms with Crippen molar-refractivity contribution in [2.75, 3.05) is 0 Å². The smallest absolute Gasteiger partial charge is 0.0579 e. The van der Waals surface area contributed by atoms with Crippen molar-refractivity contribution < 1.29 is 0 Å². The maximum Gasteiger partial charge on any atom is 0.0579 e. The van der Waals surface area contributed by atoms with Crippen LogP contribution in [0, 0.1) is 5.41 Å². The average Bonchev–Trinajstić information content (AvgIpc) is 2.48. The molecule has 1 aromatic rings. The Morgan fingerprint density at radius 2 is 2.42 bits per heavy atom. The third kappa shape index (κ3) is 0.728. The molecule has 1 aliphatic carbocycles. The molecule has 0 saturated heterocycles. The molecule has 0 unspecified atom stereocenters. The summed E-state index contributed by atoms with van der Waals surface area (Å²) >= 11 is 0. The zero-order valence-corrected chi connectivity index (χ0v) is 7.45. The molecule has 1 aliphatic heterocycles. The van der Waals surface area contributed by atoms with Crippen LogP contribution in [-0.2, 0) is 6.42 Å². The first-order valence-electron chi connectivity index (χ1n) is 4.82. The number of aryl methyl sites for hydroxylation is 1. The van der Waals surface area contributed by atoms with Gasteiger partial charge in [-0.2, -0.15) is 5.10 Å². The Hall–Kier alpha value is -0.790. The summed E-state index contributed by atoms with van der Waals surface area (Å²) in [4.78, 5) is 0. The van der Waals surface area contributed by atoms with Crippen LogP contribution in [0.25, 0.3) is 0 Å². The largest absolute Gasteiger partial charge is 0.266 e. The molecule has 0 bridgehead atoms. The maximum absolute atomic E-state index is 4.40. The summed E-state index contributed by atoms with van der Waals surface area (Å²) in [5.74, 6) is 0. The van der Waals surface area contributed by atoms with Gasteiger partial charge in [-0.25, -0.2) is 0 Å². The Morgan fingerprint density at radius 3 is 3.17 bits per heavy atom. The van der Waals surface area contributed by atoms with E-state index in [0.29, 0.717) is 11.5 Å². The van der Waals surface area contributed by atoms with Crippen LogP contribution in [-0.4, -0.2) is 9.78 Å². The topological polar surface area (TPSA) is 17.8 Å². The van der Waals surface area contributed by atoms with Crippen molar-refractivity contribution in [1.82, 2.24) is 9.78 Å². The van der Waals surface area contributed by atoms with Crippen molar-refractivity contribution in [2.24, 2.45) is 5.41 Å². The number of aromatic nitrogens is 2. The summed E-state index contributed by atoms with van der Waals surface area (Å²) in [6.45, 7) is 2.40. The van der Waals surface area contributed by atoms with E-state index in [-0.39, 0.29) is 0 Å². The van der Waals surface area contributed by atoms with E-state index in [2.05, 4.69) is 22.8 Å². The molecule has 3 rings (SSSR count). The Kier molecular flexibility index (Phi) is 1.07. The zero-order valence-electron chi connectivity index (χ0n) is 7.45. The molecule has 0 aromatic carbocycles. The third-order valence-corrected chi connectivity index (χ3v) is 3.56. The lowest BCUT2D eigenvalue weighted by atomic mass is 9.97. The monoisotopic (exact) mass is 162 g/mol. The van der Waals surface area contributed by atoms with Crippen LogP contribution in [0.15, 0.2) is 12.3 Å². The second-order valence-corrected chi connectivity index (χ2v) is 4.48. The molecule has 1 atom stereocenters. The molecule has 0 spiro atoms. The van der Waals surface area contributed by atoms with Gasteiger partial charge < -0.3 is 0 Å². The summed E-state index contributed by atoms with van der Waals surface area (Å²) in [5, 5.41) is 4.40. The highest BCUT2D eigenvalue weighted by molar-refractivity contribution is 5.12. The number of hydrogen-bond donors (Lipinski definition) is 0. The minimum Gasteiger partial charge on any atom is -0.266 e. The molecule has 1 fully saturated rings. The first kappa shape index (κ1) is 6.70. The van der Waals surface area contributed by atoms with Crippen molar-refractivity contribution in [3.63, 3.8) is 0 Å². The van der Waals surface area contributed by atoms with Crippen LogP contribution in [0.5, 0.6) is 0 Å². The van der Waals surface area contributed by atoms with E-state index in [9.17, 15) is 0 Å². The highest BCUT2D eigenvalue weighted by Crippen LogP contribution is 2.56. The van der Waals surface area contributed by atoms with Crippen LogP contribution >= 0.6 is 0 Å². The molecule has 64 valence electrons. The van der Waals surface area contributed by atoms with Crippen LogP contribution < -0.4 is 0 Å². The summed E-state index contributed by atoms with van der Waals surface area (Å²) in [6.07, 6.45) is 7.29. The van der Waals surface area contributed by atoms with Gasteiger partial charge in [0.2, 0.25) is 0 Å². The van der Waals surface area contributed by atoms with Gasteiger partial charge in [-0.15, -0.1) is 0 Å². The first-order valence-corrected chi connectivity index (χ1v) is 4.82. The van der Waals surface area contributed by atoms with Crippen LogP contribution in [0.3, 0.4) is 0 Å². The highest BCUT2D eigenvalue weighted by Gasteiger charge is 2.48. The van der Waals surface area contributed by atoms with Gasteiger partial charge in [-0.3, -0.25) is 4.68 Å². The number of fused-ring (bicyclic) bond motifs is 1. The van der Waals surface area contributed by atoms with Crippen molar-refractivity contribution in [3.05, 3.63) is 18.0 Å². The number of nitrogens with zero attached hydrogens (tertiary/aromatic N) is 2. The summed E-state index contributed by atoms with van der Waals surface area (Å²) in [7, 11) is 0. The van der Waals surface area contributed by atoms with Crippen LogP contribution in [0.4, 0.5) is 0 Å². The van der Waals surface area contributed by atoms with Gasteiger partial charge in [0.15, 0.2) is 0 Å². The van der Waals surface area contributed by atoms with E-state index in [4.69, 9.17) is 0 Å². The predicted octanol–water partition coefficient (Wildman–Crippen LogP) is 2.17. The van der Waals surface area contributed by atoms with Gasteiger partial charge in [0.25, 0.3) is 0 Å². The van der Waals surface area contributed by atoms with Gasteiger partial charge in [-0.1, -0.05) is 6.92 Å². The minimum absolute atomic E-state index is 0.595. The first-order chi connectivity index (χ1) is 5.80. The molecule has 0 N–H and O–H groups in total. The average molecular weight is 162 g/mol. The Morgan fingerprint density at radius 1 is 1.58 bits per heavy atom. The lowest BCUT2D eigenvalue weighted by Crippen LogP contribution is -2.15. The lowest BCUT2D eigenvalue weighted by Gasteiger charge is -2.18. The van der Waals surface area contributed by atoms with Crippen molar-refractivity contribution in [3.8, 4) is 0 Å². The molecule has 0 amide bonds. The fourth-order valence-electron chi connectivity index (χ4n) is 2.40. The van der Waals surface area contributed by atoms with Gasteiger partial charge >= 0.3 is 0 Å². The number of hydrogen-bond acceptors (Lipinski definition) is 1. The molecule has 12 heavy (non-hydrogen) atoms. The summed E-state index contributed by atoms with van der Waals surface area (Å²) in [5.41, 5.74) is 2.03. The summed E-state index contributed by atoms with van der Waals surface area (Å²) < 4.78 is 2.26. The molecule has 1 saturated carbocycles. The number of rotatable bonds is 1.